The number of nitrogens with zero attached hydrogens (tertiary/aromatic N) is 2. The van der Waals surface area contributed by atoms with Crippen molar-refractivity contribution in [3.8, 4) is 0 Å². The molecule has 0 bridgehead atoms. The molecule has 0 aliphatic carbocycles. The zero-order chi connectivity index (χ0) is 14.4. The molecule has 2 aromatic rings. The number of carbonyl (C=O) groups excluding carboxylic acids is 1. The number of rotatable bonds is 5. The number of carbonyl (C=O) groups is 1. The van der Waals surface area contributed by atoms with Crippen molar-refractivity contribution in [1.82, 2.24) is 15.3 Å². The van der Waals surface area contributed by atoms with Crippen molar-refractivity contribution >= 4 is 11.7 Å². The summed E-state index contributed by atoms with van der Waals surface area (Å²) in [4.78, 5) is 20.3. The average molecular weight is 270 g/mol. The third-order valence-corrected chi connectivity index (χ3v) is 2.89. The fourth-order valence-electron chi connectivity index (χ4n) is 1.81. The summed E-state index contributed by atoms with van der Waals surface area (Å²) in [6, 6.07) is 9.73. The van der Waals surface area contributed by atoms with Crippen LogP contribution in [0, 0.1) is 0 Å². The number of hydrogen-bond acceptors (Lipinski definition) is 4. The second-order valence-electron chi connectivity index (χ2n) is 4.42. The van der Waals surface area contributed by atoms with Crippen molar-refractivity contribution < 1.29 is 4.79 Å². The summed E-state index contributed by atoms with van der Waals surface area (Å²) in [7, 11) is 0. The molecule has 2 rings (SSSR count). The number of anilines is 1. The van der Waals surface area contributed by atoms with Crippen LogP contribution in [0.3, 0.4) is 0 Å². The maximum atomic E-state index is 12.1. The molecule has 0 saturated carbocycles. The van der Waals surface area contributed by atoms with Crippen LogP contribution in [0.4, 0.5) is 5.82 Å². The van der Waals surface area contributed by atoms with Gasteiger partial charge in [0, 0.05) is 6.54 Å². The molecule has 0 radical (unpaired) electrons. The first-order valence-corrected chi connectivity index (χ1v) is 6.62. The van der Waals surface area contributed by atoms with E-state index in [1.807, 2.05) is 44.2 Å². The quantitative estimate of drug-likeness (QED) is 0.875. The monoisotopic (exact) mass is 270 g/mol. The van der Waals surface area contributed by atoms with Crippen molar-refractivity contribution in [3.05, 3.63) is 54.0 Å². The van der Waals surface area contributed by atoms with Crippen LogP contribution < -0.4 is 10.6 Å². The maximum absolute atomic E-state index is 12.1. The van der Waals surface area contributed by atoms with Crippen LogP contribution in [0.15, 0.2) is 42.7 Å². The maximum Gasteiger partial charge on any atom is 0.271 e. The van der Waals surface area contributed by atoms with Crippen molar-refractivity contribution in [2.24, 2.45) is 0 Å². The fraction of sp³-hybridized carbons (Fsp3) is 0.267. The van der Waals surface area contributed by atoms with Gasteiger partial charge in [0.05, 0.1) is 18.4 Å². The van der Waals surface area contributed by atoms with E-state index in [0.29, 0.717) is 11.5 Å². The summed E-state index contributed by atoms with van der Waals surface area (Å²) >= 11 is 0. The van der Waals surface area contributed by atoms with E-state index in [9.17, 15) is 4.79 Å². The molecule has 1 heterocycles. The molecule has 5 heteroatoms. The average Bonchev–Trinajstić information content (AvgIpc) is 2.49. The molecule has 0 aliphatic heterocycles. The smallest absolute Gasteiger partial charge is 0.271 e. The molecule has 0 aliphatic rings. The second-order valence-corrected chi connectivity index (χ2v) is 4.42. The zero-order valence-corrected chi connectivity index (χ0v) is 11.6. The van der Waals surface area contributed by atoms with Gasteiger partial charge in [-0.3, -0.25) is 4.79 Å². The van der Waals surface area contributed by atoms with E-state index in [1.54, 1.807) is 6.20 Å². The van der Waals surface area contributed by atoms with E-state index in [-0.39, 0.29) is 11.9 Å². The van der Waals surface area contributed by atoms with Crippen LogP contribution in [0.2, 0.25) is 0 Å². The lowest BCUT2D eigenvalue weighted by Crippen LogP contribution is -2.27. The van der Waals surface area contributed by atoms with Gasteiger partial charge in [-0.15, -0.1) is 0 Å². The SMILES string of the molecule is CCNc1cnc(C(=O)NC(C)c2ccccc2)cn1. The molecule has 1 unspecified atom stereocenters. The Bertz CT molecular complexity index is 554. The summed E-state index contributed by atoms with van der Waals surface area (Å²) < 4.78 is 0. The largest absolute Gasteiger partial charge is 0.369 e. The highest BCUT2D eigenvalue weighted by Gasteiger charge is 2.12. The van der Waals surface area contributed by atoms with Gasteiger partial charge in [0.25, 0.3) is 5.91 Å². The van der Waals surface area contributed by atoms with Crippen LogP contribution in [-0.2, 0) is 0 Å². The van der Waals surface area contributed by atoms with E-state index in [1.165, 1.54) is 6.20 Å². The predicted molar refractivity (Wildman–Crippen MR) is 78.5 cm³/mol. The van der Waals surface area contributed by atoms with Gasteiger partial charge in [-0.25, -0.2) is 9.97 Å². The predicted octanol–water partition coefficient (Wildman–Crippen LogP) is 2.40. The van der Waals surface area contributed by atoms with Gasteiger partial charge >= 0.3 is 0 Å². The number of amides is 1. The van der Waals surface area contributed by atoms with Gasteiger partial charge in [-0.05, 0) is 19.4 Å². The normalized spacial score (nSPS) is 11.7. The van der Waals surface area contributed by atoms with E-state index < -0.39 is 0 Å². The first-order chi connectivity index (χ1) is 9.70. The van der Waals surface area contributed by atoms with E-state index in [4.69, 9.17) is 0 Å². The van der Waals surface area contributed by atoms with E-state index in [2.05, 4.69) is 20.6 Å². The van der Waals surface area contributed by atoms with Gasteiger partial charge in [-0.1, -0.05) is 30.3 Å². The van der Waals surface area contributed by atoms with Gasteiger partial charge in [0.2, 0.25) is 0 Å². The molecular formula is C15H18N4O. The van der Waals surface area contributed by atoms with Crippen molar-refractivity contribution in [2.45, 2.75) is 19.9 Å². The van der Waals surface area contributed by atoms with Crippen molar-refractivity contribution in [2.75, 3.05) is 11.9 Å². The Kier molecular flexibility index (Phi) is 4.65. The standard InChI is InChI=1S/C15H18N4O/c1-3-16-14-10-17-13(9-18-14)15(20)19-11(2)12-7-5-4-6-8-12/h4-11H,3H2,1-2H3,(H,16,18)(H,19,20). The minimum absolute atomic E-state index is 0.0704. The molecule has 0 saturated heterocycles. The lowest BCUT2D eigenvalue weighted by atomic mass is 10.1. The summed E-state index contributed by atoms with van der Waals surface area (Å²) in [5, 5.41) is 5.94. The van der Waals surface area contributed by atoms with E-state index >= 15 is 0 Å². The van der Waals surface area contributed by atoms with Gasteiger partial charge in [0.15, 0.2) is 0 Å². The molecular weight excluding hydrogens is 252 g/mol. The highest BCUT2D eigenvalue weighted by molar-refractivity contribution is 5.92. The summed E-state index contributed by atoms with van der Waals surface area (Å²) in [5.74, 6) is 0.442. The molecule has 2 N–H and O–H groups in total. The first-order valence-electron chi connectivity index (χ1n) is 6.62. The number of nitrogens with one attached hydrogen (secondary N) is 2. The molecule has 5 nitrogen and oxygen atoms in total. The Morgan fingerprint density at radius 1 is 1.20 bits per heavy atom. The molecule has 1 aromatic heterocycles. The fourth-order valence-corrected chi connectivity index (χ4v) is 1.81. The van der Waals surface area contributed by atoms with Gasteiger partial charge < -0.3 is 10.6 Å². The molecule has 0 fully saturated rings. The van der Waals surface area contributed by atoms with Crippen LogP contribution >= 0.6 is 0 Å². The Hall–Kier alpha value is -2.43. The Morgan fingerprint density at radius 2 is 1.95 bits per heavy atom. The third-order valence-electron chi connectivity index (χ3n) is 2.89. The number of aromatic nitrogens is 2. The molecule has 1 aromatic carbocycles. The van der Waals surface area contributed by atoms with Crippen molar-refractivity contribution in [3.63, 3.8) is 0 Å². The third kappa shape index (κ3) is 3.54. The van der Waals surface area contributed by atoms with Crippen LogP contribution in [0.25, 0.3) is 0 Å². The Labute approximate surface area is 118 Å². The zero-order valence-electron chi connectivity index (χ0n) is 11.6. The first kappa shape index (κ1) is 14.0. The molecule has 1 amide bonds. The minimum atomic E-state index is -0.225. The Morgan fingerprint density at radius 3 is 2.55 bits per heavy atom. The highest BCUT2D eigenvalue weighted by Crippen LogP contribution is 2.11. The number of benzene rings is 1. The topological polar surface area (TPSA) is 66.9 Å². The lowest BCUT2D eigenvalue weighted by molar-refractivity contribution is 0.0934. The van der Waals surface area contributed by atoms with Gasteiger partial charge in [0.1, 0.15) is 11.5 Å². The Balaban J connectivity index is 2.01. The van der Waals surface area contributed by atoms with Crippen LogP contribution in [-0.4, -0.2) is 22.4 Å². The lowest BCUT2D eigenvalue weighted by Gasteiger charge is -2.13. The molecule has 104 valence electrons. The molecule has 1 atom stereocenters. The van der Waals surface area contributed by atoms with E-state index in [0.717, 1.165) is 12.1 Å². The van der Waals surface area contributed by atoms with Crippen LogP contribution in [0.5, 0.6) is 0 Å². The number of hydrogen-bond donors (Lipinski definition) is 2. The summed E-state index contributed by atoms with van der Waals surface area (Å²) in [5.41, 5.74) is 1.37. The van der Waals surface area contributed by atoms with Crippen molar-refractivity contribution in [1.29, 1.82) is 0 Å². The van der Waals surface area contributed by atoms with Crippen LogP contribution in [0.1, 0.15) is 35.9 Å². The van der Waals surface area contributed by atoms with Gasteiger partial charge in [-0.2, -0.15) is 0 Å². The molecule has 0 spiro atoms. The summed E-state index contributed by atoms with van der Waals surface area (Å²) in [6.07, 6.45) is 3.04. The summed E-state index contributed by atoms with van der Waals surface area (Å²) in [6.45, 7) is 4.68. The molecule has 20 heavy (non-hydrogen) atoms. The second kappa shape index (κ2) is 6.65. The highest BCUT2D eigenvalue weighted by atomic mass is 16.1. The minimum Gasteiger partial charge on any atom is -0.369 e.